The third-order valence-electron chi connectivity index (χ3n) is 3.30. The summed E-state index contributed by atoms with van der Waals surface area (Å²) in [7, 11) is 1.53. The minimum atomic E-state index is -0.128. The minimum absolute atomic E-state index is 0.128. The number of methoxy groups -OCH3 is 1. The van der Waals surface area contributed by atoms with Gasteiger partial charge in [0.2, 0.25) is 0 Å². The van der Waals surface area contributed by atoms with Crippen molar-refractivity contribution in [1.82, 2.24) is 5.32 Å². The van der Waals surface area contributed by atoms with Crippen LogP contribution in [0.2, 0.25) is 0 Å². The summed E-state index contributed by atoms with van der Waals surface area (Å²) in [4.78, 5) is 12.1. The van der Waals surface area contributed by atoms with E-state index in [0.717, 1.165) is 19.4 Å². The molecule has 1 aromatic carbocycles. The van der Waals surface area contributed by atoms with E-state index < -0.39 is 0 Å². The number of benzene rings is 1. The first kappa shape index (κ1) is 13.7. The van der Waals surface area contributed by atoms with Crippen molar-refractivity contribution in [2.24, 2.45) is 0 Å². The summed E-state index contributed by atoms with van der Waals surface area (Å²) in [6.45, 7) is 2.70. The first-order valence-electron chi connectivity index (χ1n) is 6.50. The van der Waals surface area contributed by atoms with Gasteiger partial charge in [-0.15, -0.1) is 0 Å². The second-order valence-electron chi connectivity index (χ2n) is 4.68. The van der Waals surface area contributed by atoms with Gasteiger partial charge in [-0.2, -0.15) is 0 Å². The van der Waals surface area contributed by atoms with Gasteiger partial charge in [-0.3, -0.25) is 4.79 Å². The van der Waals surface area contributed by atoms with E-state index in [1.165, 1.54) is 7.11 Å². The highest BCUT2D eigenvalue weighted by Gasteiger charge is 2.31. The van der Waals surface area contributed by atoms with Gasteiger partial charge in [-0.25, -0.2) is 0 Å². The lowest BCUT2D eigenvalue weighted by Crippen LogP contribution is -2.47. The minimum Gasteiger partial charge on any atom is -0.496 e. The number of carbonyl (C=O) groups is 1. The van der Waals surface area contributed by atoms with Crippen molar-refractivity contribution in [1.29, 1.82) is 0 Å². The average molecular weight is 264 g/mol. The smallest absolute Gasteiger partial charge is 0.255 e. The lowest BCUT2D eigenvalue weighted by atomic mass is 9.89. The molecule has 0 aromatic heterocycles. The van der Waals surface area contributed by atoms with Gasteiger partial charge in [0.05, 0.1) is 18.8 Å². The normalized spacial score (nSPS) is 21.6. The molecule has 0 spiro atoms. The highest BCUT2D eigenvalue weighted by Crippen LogP contribution is 2.25. The molecule has 0 radical (unpaired) electrons. The zero-order chi connectivity index (χ0) is 13.8. The largest absolute Gasteiger partial charge is 0.496 e. The second kappa shape index (κ2) is 5.93. The Balaban J connectivity index is 1.94. The summed E-state index contributed by atoms with van der Waals surface area (Å²) >= 11 is 0. The molecule has 0 heterocycles. The van der Waals surface area contributed by atoms with Crippen LogP contribution in [0.1, 0.15) is 30.1 Å². The molecule has 1 amide bonds. The van der Waals surface area contributed by atoms with Gasteiger partial charge in [0.25, 0.3) is 5.91 Å². The van der Waals surface area contributed by atoms with Gasteiger partial charge < -0.3 is 20.5 Å². The van der Waals surface area contributed by atoms with E-state index in [0.29, 0.717) is 17.0 Å². The summed E-state index contributed by atoms with van der Waals surface area (Å²) in [5.74, 6) is 0.370. The number of amides is 1. The van der Waals surface area contributed by atoms with Crippen LogP contribution < -0.4 is 15.8 Å². The van der Waals surface area contributed by atoms with E-state index in [4.69, 9.17) is 15.2 Å². The van der Waals surface area contributed by atoms with Crippen molar-refractivity contribution >= 4 is 11.6 Å². The van der Waals surface area contributed by atoms with Crippen LogP contribution in [-0.2, 0) is 4.74 Å². The van der Waals surface area contributed by atoms with Crippen LogP contribution in [0, 0.1) is 0 Å². The number of hydrogen-bond acceptors (Lipinski definition) is 4. The fourth-order valence-electron chi connectivity index (χ4n) is 2.21. The molecular weight excluding hydrogens is 244 g/mol. The lowest BCUT2D eigenvalue weighted by molar-refractivity contribution is -0.00864. The second-order valence-corrected chi connectivity index (χ2v) is 4.68. The van der Waals surface area contributed by atoms with Gasteiger partial charge in [-0.05, 0) is 31.9 Å². The molecule has 19 heavy (non-hydrogen) atoms. The molecule has 0 saturated heterocycles. The molecule has 1 aromatic rings. The Kier molecular flexibility index (Phi) is 4.27. The SMILES string of the molecule is CCOC1CC(NC(=O)c2ccc(N)cc2OC)C1. The van der Waals surface area contributed by atoms with E-state index in [9.17, 15) is 4.79 Å². The van der Waals surface area contributed by atoms with Crippen LogP contribution in [0.25, 0.3) is 0 Å². The molecule has 1 fully saturated rings. The molecule has 104 valence electrons. The third-order valence-corrected chi connectivity index (χ3v) is 3.30. The van der Waals surface area contributed by atoms with Gasteiger partial charge in [-0.1, -0.05) is 0 Å². The summed E-state index contributed by atoms with van der Waals surface area (Å²) < 4.78 is 10.6. The average Bonchev–Trinajstić information content (AvgIpc) is 2.35. The molecular formula is C14H20N2O3. The van der Waals surface area contributed by atoms with Gasteiger partial charge in [0.15, 0.2) is 0 Å². The van der Waals surface area contributed by atoms with Crippen molar-refractivity contribution in [3.63, 3.8) is 0 Å². The molecule has 1 aliphatic carbocycles. The Morgan fingerprint density at radius 2 is 2.21 bits per heavy atom. The highest BCUT2D eigenvalue weighted by molar-refractivity contribution is 5.97. The molecule has 5 nitrogen and oxygen atoms in total. The van der Waals surface area contributed by atoms with Crippen molar-refractivity contribution in [2.45, 2.75) is 31.9 Å². The Bertz CT molecular complexity index is 456. The Labute approximate surface area is 113 Å². The standard InChI is InChI=1S/C14H20N2O3/c1-3-19-11-7-10(8-11)16-14(17)12-5-4-9(15)6-13(12)18-2/h4-6,10-11H,3,7-8,15H2,1-2H3,(H,16,17). The zero-order valence-electron chi connectivity index (χ0n) is 11.3. The molecule has 0 unspecified atom stereocenters. The topological polar surface area (TPSA) is 73.6 Å². The van der Waals surface area contributed by atoms with Crippen LogP contribution >= 0.6 is 0 Å². The van der Waals surface area contributed by atoms with E-state index in [2.05, 4.69) is 5.32 Å². The van der Waals surface area contributed by atoms with Crippen LogP contribution in [0.15, 0.2) is 18.2 Å². The molecule has 5 heteroatoms. The Morgan fingerprint density at radius 3 is 2.84 bits per heavy atom. The molecule has 0 aliphatic heterocycles. The van der Waals surface area contributed by atoms with E-state index >= 15 is 0 Å². The molecule has 0 bridgehead atoms. The van der Waals surface area contributed by atoms with E-state index in [1.54, 1.807) is 18.2 Å². The number of anilines is 1. The summed E-state index contributed by atoms with van der Waals surface area (Å²) in [6, 6.07) is 5.22. The summed E-state index contributed by atoms with van der Waals surface area (Å²) in [6.07, 6.45) is 2.02. The van der Waals surface area contributed by atoms with Gasteiger partial charge >= 0.3 is 0 Å². The molecule has 1 saturated carbocycles. The Hall–Kier alpha value is -1.75. The maximum Gasteiger partial charge on any atom is 0.255 e. The van der Waals surface area contributed by atoms with Crippen molar-refractivity contribution in [3.8, 4) is 5.75 Å². The third kappa shape index (κ3) is 3.17. The van der Waals surface area contributed by atoms with Gasteiger partial charge in [0.1, 0.15) is 5.75 Å². The lowest BCUT2D eigenvalue weighted by Gasteiger charge is -2.35. The predicted molar refractivity (Wildman–Crippen MR) is 73.3 cm³/mol. The monoisotopic (exact) mass is 264 g/mol. The molecule has 3 N–H and O–H groups in total. The predicted octanol–water partition coefficient (Wildman–Crippen LogP) is 1.57. The summed E-state index contributed by atoms with van der Waals surface area (Å²) in [5, 5.41) is 2.98. The Morgan fingerprint density at radius 1 is 1.47 bits per heavy atom. The number of nitrogen functional groups attached to an aromatic ring is 1. The number of rotatable bonds is 5. The number of ether oxygens (including phenoxy) is 2. The quantitative estimate of drug-likeness (QED) is 0.792. The fourth-order valence-corrected chi connectivity index (χ4v) is 2.21. The number of nitrogens with two attached hydrogens (primary N) is 1. The summed E-state index contributed by atoms with van der Waals surface area (Å²) in [5.41, 5.74) is 6.75. The van der Waals surface area contributed by atoms with Crippen molar-refractivity contribution in [2.75, 3.05) is 19.5 Å². The first-order chi connectivity index (χ1) is 9.13. The van der Waals surface area contributed by atoms with Gasteiger partial charge in [0, 0.05) is 24.4 Å². The first-order valence-corrected chi connectivity index (χ1v) is 6.50. The number of carbonyl (C=O) groups excluding carboxylic acids is 1. The highest BCUT2D eigenvalue weighted by atomic mass is 16.5. The molecule has 2 rings (SSSR count). The maximum atomic E-state index is 12.1. The van der Waals surface area contributed by atoms with Crippen LogP contribution in [0.5, 0.6) is 5.75 Å². The van der Waals surface area contributed by atoms with Crippen LogP contribution in [-0.4, -0.2) is 31.8 Å². The van der Waals surface area contributed by atoms with E-state index in [1.807, 2.05) is 6.92 Å². The van der Waals surface area contributed by atoms with Crippen molar-refractivity contribution < 1.29 is 14.3 Å². The number of hydrogen-bond donors (Lipinski definition) is 2. The van der Waals surface area contributed by atoms with E-state index in [-0.39, 0.29) is 18.1 Å². The van der Waals surface area contributed by atoms with Crippen molar-refractivity contribution in [3.05, 3.63) is 23.8 Å². The molecule has 0 atom stereocenters. The number of nitrogens with one attached hydrogen (secondary N) is 1. The van der Waals surface area contributed by atoms with Crippen LogP contribution in [0.4, 0.5) is 5.69 Å². The fraction of sp³-hybridized carbons (Fsp3) is 0.500. The zero-order valence-corrected chi connectivity index (χ0v) is 11.3. The molecule has 1 aliphatic rings. The maximum absolute atomic E-state index is 12.1. The van der Waals surface area contributed by atoms with Crippen LogP contribution in [0.3, 0.4) is 0 Å².